The van der Waals surface area contributed by atoms with Crippen molar-refractivity contribution in [2.75, 3.05) is 4.90 Å². The van der Waals surface area contributed by atoms with Gasteiger partial charge in [-0.25, -0.2) is 0 Å². The van der Waals surface area contributed by atoms with E-state index in [0.717, 1.165) is 56.0 Å². The first kappa shape index (κ1) is 34.1. The van der Waals surface area contributed by atoms with Crippen LogP contribution < -0.4 is 4.90 Å². The van der Waals surface area contributed by atoms with Crippen LogP contribution in [0.25, 0.3) is 77.6 Å². The van der Waals surface area contributed by atoms with E-state index in [1.54, 1.807) is 0 Å². The molecular formula is C55H39NO. The Labute approximate surface area is 333 Å². The maximum absolute atomic E-state index is 6.34. The van der Waals surface area contributed by atoms with Crippen molar-refractivity contribution in [3.8, 4) is 55.8 Å². The summed E-state index contributed by atoms with van der Waals surface area (Å²) in [7, 11) is 0. The number of rotatable bonds is 8. The molecule has 1 aromatic heterocycles. The highest BCUT2D eigenvalue weighted by Gasteiger charge is 2.16. The highest BCUT2D eigenvalue weighted by molar-refractivity contribution is 5.97. The van der Waals surface area contributed by atoms with Gasteiger partial charge in [0.15, 0.2) is 0 Å². The minimum Gasteiger partial charge on any atom is -0.456 e. The van der Waals surface area contributed by atoms with Crippen molar-refractivity contribution in [3.05, 3.63) is 224 Å². The van der Waals surface area contributed by atoms with Crippen LogP contribution in [0, 0.1) is 6.92 Å². The van der Waals surface area contributed by atoms with Gasteiger partial charge in [-0.2, -0.15) is 0 Å². The molecule has 0 saturated carbocycles. The predicted molar refractivity (Wildman–Crippen MR) is 240 cm³/mol. The van der Waals surface area contributed by atoms with E-state index in [1.807, 2.05) is 12.1 Å². The molecule has 0 radical (unpaired) electrons. The number of anilines is 3. The molecule has 0 unspecified atom stereocenters. The van der Waals surface area contributed by atoms with Crippen LogP contribution in [0.2, 0.25) is 0 Å². The molecule has 0 fully saturated rings. The van der Waals surface area contributed by atoms with Crippen LogP contribution >= 0.6 is 0 Å². The van der Waals surface area contributed by atoms with Crippen molar-refractivity contribution in [3.63, 3.8) is 0 Å². The smallest absolute Gasteiger partial charge is 0.138 e. The average Bonchev–Trinajstić information content (AvgIpc) is 3.63. The van der Waals surface area contributed by atoms with Gasteiger partial charge >= 0.3 is 0 Å². The van der Waals surface area contributed by atoms with Crippen molar-refractivity contribution in [2.24, 2.45) is 0 Å². The van der Waals surface area contributed by atoms with Crippen LogP contribution in [-0.2, 0) is 0 Å². The fourth-order valence-electron chi connectivity index (χ4n) is 8.12. The zero-order valence-corrected chi connectivity index (χ0v) is 31.6. The van der Waals surface area contributed by atoms with Gasteiger partial charge < -0.3 is 9.32 Å². The maximum Gasteiger partial charge on any atom is 0.138 e. The third kappa shape index (κ3) is 6.58. The second-order valence-electron chi connectivity index (χ2n) is 14.6. The minimum atomic E-state index is 0.915. The molecule has 270 valence electrons. The molecule has 2 heteroatoms. The molecule has 0 aliphatic rings. The predicted octanol–water partition coefficient (Wildman–Crippen LogP) is 15.7. The van der Waals surface area contributed by atoms with Crippen LogP contribution in [0.3, 0.4) is 0 Å². The standard InChI is InChI=1S/C55H39NO/c1-38-51-20-7-8-23-54(51)57-55(38)47-19-10-18-46(37-47)41-26-32-49(33-27-41)56(50-34-28-43(29-35-50)53-22-11-15-42-14-5-6-21-52(42)53)48-30-24-40(25-31-48)45-17-9-16-44(36-45)39-12-3-2-4-13-39/h2-37H,1H3. The summed E-state index contributed by atoms with van der Waals surface area (Å²) in [5.41, 5.74) is 15.9. The summed E-state index contributed by atoms with van der Waals surface area (Å²) < 4.78 is 6.34. The Morgan fingerprint density at radius 3 is 1.39 bits per heavy atom. The number of benzene rings is 9. The topological polar surface area (TPSA) is 16.4 Å². The Balaban J connectivity index is 1.01. The van der Waals surface area contributed by atoms with Crippen LogP contribution in [0.5, 0.6) is 0 Å². The summed E-state index contributed by atoms with van der Waals surface area (Å²) in [6.45, 7) is 2.14. The lowest BCUT2D eigenvalue weighted by molar-refractivity contribution is 0.629. The molecule has 9 aromatic carbocycles. The number of hydrogen-bond acceptors (Lipinski definition) is 2. The Bertz CT molecular complexity index is 2990. The second-order valence-corrected chi connectivity index (χ2v) is 14.6. The molecule has 57 heavy (non-hydrogen) atoms. The molecule has 0 saturated heterocycles. The summed E-state index contributed by atoms with van der Waals surface area (Å²) >= 11 is 0. The lowest BCUT2D eigenvalue weighted by Gasteiger charge is -2.26. The molecule has 0 aliphatic carbocycles. The highest BCUT2D eigenvalue weighted by atomic mass is 16.3. The molecule has 0 N–H and O–H groups in total. The van der Waals surface area contributed by atoms with E-state index in [2.05, 4.69) is 218 Å². The van der Waals surface area contributed by atoms with E-state index in [1.165, 1.54) is 44.2 Å². The van der Waals surface area contributed by atoms with Crippen molar-refractivity contribution < 1.29 is 4.42 Å². The van der Waals surface area contributed by atoms with Gasteiger partial charge in [-0.15, -0.1) is 0 Å². The first-order valence-corrected chi connectivity index (χ1v) is 19.5. The maximum atomic E-state index is 6.34. The molecule has 0 aliphatic heterocycles. The van der Waals surface area contributed by atoms with Gasteiger partial charge in [0.05, 0.1) is 0 Å². The van der Waals surface area contributed by atoms with Gasteiger partial charge in [-0.1, -0.05) is 164 Å². The average molecular weight is 730 g/mol. The van der Waals surface area contributed by atoms with Crippen LogP contribution in [0.15, 0.2) is 223 Å². The summed E-state index contributed by atoms with van der Waals surface area (Å²) in [6.07, 6.45) is 0. The minimum absolute atomic E-state index is 0.915. The van der Waals surface area contributed by atoms with E-state index in [9.17, 15) is 0 Å². The van der Waals surface area contributed by atoms with E-state index < -0.39 is 0 Å². The third-order valence-corrected chi connectivity index (χ3v) is 11.1. The van der Waals surface area contributed by atoms with E-state index >= 15 is 0 Å². The molecule has 0 atom stereocenters. The normalized spacial score (nSPS) is 11.2. The largest absolute Gasteiger partial charge is 0.456 e. The Morgan fingerprint density at radius 2 is 0.772 bits per heavy atom. The zero-order valence-electron chi connectivity index (χ0n) is 31.6. The number of furan rings is 1. The van der Waals surface area contributed by atoms with Crippen molar-refractivity contribution >= 4 is 38.8 Å². The number of nitrogens with zero attached hydrogens (tertiary/aromatic N) is 1. The molecular weight excluding hydrogens is 691 g/mol. The first-order valence-electron chi connectivity index (χ1n) is 19.5. The number of hydrogen-bond donors (Lipinski definition) is 0. The van der Waals surface area contributed by atoms with Gasteiger partial charge in [-0.05, 0) is 117 Å². The van der Waals surface area contributed by atoms with E-state index in [0.29, 0.717) is 0 Å². The van der Waals surface area contributed by atoms with Gasteiger partial charge in [0.2, 0.25) is 0 Å². The summed E-state index contributed by atoms with van der Waals surface area (Å²) in [6, 6.07) is 78.2. The number of aryl methyl sites for hydroxylation is 1. The summed E-state index contributed by atoms with van der Waals surface area (Å²) in [4.78, 5) is 2.34. The lowest BCUT2D eigenvalue weighted by Crippen LogP contribution is -2.09. The summed E-state index contributed by atoms with van der Waals surface area (Å²) in [5.74, 6) is 0.919. The Hall–Kier alpha value is -7.42. The molecule has 1 heterocycles. The molecule has 0 amide bonds. The third-order valence-electron chi connectivity index (χ3n) is 11.1. The SMILES string of the molecule is Cc1c(-c2cccc(-c3ccc(N(c4ccc(-c5cccc(-c6ccccc6)c5)cc4)c4ccc(-c5cccc6ccccc56)cc4)cc3)c2)oc2ccccc12. The monoisotopic (exact) mass is 729 g/mol. The number of para-hydroxylation sites is 1. The fraction of sp³-hybridized carbons (Fsp3) is 0.0182. The Kier molecular flexibility index (Phi) is 8.78. The van der Waals surface area contributed by atoms with E-state index in [-0.39, 0.29) is 0 Å². The zero-order chi connectivity index (χ0) is 38.1. The van der Waals surface area contributed by atoms with Crippen LogP contribution in [-0.4, -0.2) is 0 Å². The number of fused-ring (bicyclic) bond motifs is 2. The lowest BCUT2D eigenvalue weighted by atomic mass is 9.97. The Morgan fingerprint density at radius 1 is 0.333 bits per heavy atom. The van der Waals surface area contributed by atoms with E-state index in [4.69, 9.17) is 4.42 Å². The molecule has 0 spiro atoms. The van der Waals surface area contributed by atoms with Crippen LogP contribution in [0.1, 0.15) is 5.56 Å². The van der Waals surface area contributed by atoms with Gasteiger partial charge in [0, 0.05) is 33.6 Å². The second kappa shape index (κ2) is 14.7. The van der Waals surface area contributed by atoms with Crippen molar-refractivity contribution in [1.29, 1.82) is 0 Å². The first-order chi connectivity index (χ1) is 28.2. The summed E-state index contributed by atoms with van der Waals surface area (Å²) in [5, 5.41) is 3.65. The molecule has 10 aromatic rings. The molecule has 0 bridgehead atoms. The molecule has 10 rings (SSSR count). The van der Waals surface area contributed by atoms with Crippen molar-refractivity contribution in [1.82, 2.24) is 0 Å². The van der Waals surface area contributed by atoms with Gasteiger partial charge in [0.25, 0.3) is 0 Å². The quantitative estimate of drug-likeness (QED) is 0.155. The van der Waals surface area contributed by atoms with Gasteiger partial charge in [0.1, 0.15) is 11.3 Å². The molecule has 2 nitrogen and oxygen atoms in total. The fourth-order valence-corrected chi connectivity index (χ4v) is 8.12. The van der Waals surface area contributed by atoms with Crippen LogP contribution in [0.4, 0.5) is 17.1 Å². The van der Waals surface area contributed by atoms with Gasteiger partial charge in [-0.3, -0.25) is 0 Å². The van der Waals surface area contributed by atoms with Crippen molar-refractivity contribution in [2.45, 2.75) is 6.92 Å². The highest BCUT2D eigenvalue weighted by Crippen LogP contribution is 2.40.